The zero-order valence-corrected chi connectivity index (χ0v) is 12.0. The molecule has 0 spiro atoms. The van der Waals surface area contributed by atoms with Crippen molar-refractivity contribution in [3.63, 3.8) is 0 Å². The van der Waals surface area contributed by atoms with Gasteiger partial charge in [0.25, 0.3) is 0 Å². The normalized spacial score (nSPS) is 20.0. The minimum Gasteiger partial charge on any atom is -0.493 e. The van der Waals surface area contributed by atoms with Gasteiger partial charge in [-0.15, -0.1) is 0 Å². The van der Waals surface area contributed by atoms with Crippen LogP contribution in [0.3, 0.4) is 0 Å². The molecule has 112 valence electrons. The summed E-state index contributed by atoms with van der Waals surface area (Å²) in [5.74, 6) is 1.95. The van der Waals surface area contributed by atoms with Crippen molar-refractivity contribution in [3.8, 4) is 17.2 Å². The SMILES string of the molecule is COc1ccc(C2(C=O)CCC(=O)CC2)c2c1OCCO2. The Morgan fingerprint density at radius 3 is 2.43 bits per heavy atom. The molecule has 0 bridgehead atoms. The van der Waals surface area contributed by atoms with Crippen LogP contribution in [0.4, 0.5) is 0 Å². The van der Waals surface area contributed by atoms with Crippen LogP contribution in [0.5, 0.6) is 17.2 Å². The predicted octanol–water partition coefficient (Wildman–Crippen LogP) is 2.05. The molecule has 2 aliphatic rings. The van der Waals surface area contributed by atoms with Crippen molar-refractivity contribution in [3.05, 3.63) is 17.7 Å². The van der Waals surface area contributed by atoms with E-state index in [9.17, 15) is 9.59 Å². The summed E-state index contributed by atoms with van der Waals surface area (Å²) in [7, 11) is 1.57. The second-order valence-corrected chi connectivity index (χ2v) is 5.48. The fourth-order valence-corrected chi connectivity index (χ4v) is 3.09. The molecule has 0 saturated heterocycles. The first-order valence-electron chi connectivity index (χ1n) is 7.15. The first kappa shape index (κ1) is 13.9. The largest absolute Gasteiger partial charge is 0.493 e. The van der Waals surface area contributed by atoms with Gasteiger partial charge in [0.2, 0.25) is 5.75 Å². The average molecular weight is 290 g/mol. The first-order chi connectivity index (χ1) is 10.2. The van der Waals surface area contributed by atoms with Crippen LogP contribution >= 0.6 is 0 Å². The highest BCUT2D eigenvalue weighted by Gasteiger charge is 2.40. The maximum absolute atomic E-state index is 11.8. The molecule has 1 aliphatic heterocycles. The molecule has 0 N–H and O–H groups in total. The summed E-state index contributed by atoms with van der Waals surface area (Å²) in [6, 6.07) is 3.65. The zero-order chi connectivity index (χ0) is 14.9. The van der Waals surface area contributed by atoms with E-state index in [-0.39, 0.29) is 5.78 Å². The van der Waals surface area contributed by atoms with Gasteiger partial charge in [0.15, 0.2) is 11.5 Å². The number of rotatable bonds is 3. The van der Waals surface area contributed by atoms with Crippen molar-refractivity contribution in [1.82, 2.24) is 0 Å². The number of fused-ring (bicyclic) bond motifs is 1. The van der Waals surface area contributed by atoms with Crippen LogP contribution < -0.4 is 14.2 Å². The van der Waals surface area contributed by atoms with Gasteiger partial charge in [-0.3, -0.25) is 4.79 Å². The Hall–Kier alpha value is -2.04. The van der Waals surface area contributed by atoms with Crippen LogP contribution in [0.15, 0.2) is 12.1 Å². The first-order valence-corrected chi connectivity index (χ1v) is 7.15. The Bertz CT molecular complexity index is 568. The zero-order valence-electron chi connectivity index (χ0n) is 12.0. The van der Waals surface area contributed by atoms with Gasteiger partial charge in [0, 0.05) is 18.4 Å². The van der Waals surface area contributed by atoms with Crippen LogP contribution in [-0.4, -0.2) is 32.4 Å². The third-order valence-corrected chi connectivity index (χ3v) is 4.33. The summed E-state index contributed by atoms with van der Waals surface area (Å²) in [6.07, 6.45) is 2.87. The molecule has 0 aromatic heterocycles. The number of ether oxygens (including phenoxy) is 3. The third kappa shape index (κ3) is 2.26. The highest BCUT2D eigenvalue weighted by atomic mass is 16.6. The maximum Gasteiger partial charge on any atom is 0.204 e. The van der Waals surface area contributed by atoms with Gasteiger partial charge < -0.3 is 19.0 Å². The molecule has 21 heavy (non-hydrogen) atoms. The van der Waals surface area contributed by atoms with Crippen molar-refractivity contribution in [2.45, 2.75) is 31.1 Å². The predicted molar refractivity (Wildman–Crippen MR) is 75.2 cm³/mol. The van der Waals surface area contributed by atoms with E-state index in [1.807, 2.05) is 6.07 Å². The highest BCUT2D eigenvalue weighted by molar-refractivity contribution is 5.84. The van der Waals surface area contributed by atoms with E-state index in [0.717, 1.165) is 11.8 Å². The Morgan fingerprint density at radius 2 is 1.81 bits per heavy atom. The number of benzene rings is 1. The van der Waals surface area contributed by atoms with Gasteiger partial charge in [-0.1, -0.05) is 6.07 Å². The van der Waals surface area contributed by atoms with Crippen molar-refractivity contribution in [1.29, 1.82) is 0 Å². The van der Waals surface area contributed by atoms with Crippen LogP contribution in [0.25, 0.3) is 0 Å². The molecule has 5 heteroatoms. The molecule has 3 rings (SSSR count). The fourth-order valence-electron chi connectivity index (χ4n) is 3.09. The van der Waals surface area contributed by atoms with E-state index in [0.29, 0.717) is 56.1 Å². The van der Waals surface area contributed by atoms with E-state index in [4.69, 9.17) is 14.2 Å². The number of carbonyl (C=O) groups is 2. The fraction of sp³-hybridized carbons (Fsp3) is 0.500. The van der Waals surface area contributed by atoms with E-state index in [1.165, 1.54) is 0 Å². The molecule has 1 aliphatic carbocycles. The molecule has 1 heterocycles. The average Bonchev–Trinajstić information content (AvgIpc) is 2.55. The maximum atomic E-state index is 11.8. The molecule has 0 unspecified atom stereocenters. The summed E-state index contributed by atoms with van der Waals surface area (Å²) in [4.78, 5) is 23.3. The van der Waals surface area contributed by atoms with E-state index in [1.54, 1.807) is 13.2 Å². The van der Waals surface area contributed by atoms with E-state index >= 15 is 0 Å². The molecule has 0 radical (unpaired) electrons. The lowest BCUT2D eigenvalue weighted by Gasteiger charge is -2.35. The number of hydrogen-bond donors (Lipinski definition) is 0. The quantitative estimate of drug-likeness (QED) is 0.797. The van der Waals surface area contributed by atoms with Gasteiger partial charge >= 0.3 is 0 Å². The molecule has 0 amide bonds. The topological polar surface area (TPSA) is 61.8 Å². The molecule has 1 fully saturated rings. The number of ketones is 1. The molecule has 0 atom stereocenters. The second kappa shape index (κ2) is 5.39. The molecule has 1 aromatic carbocycles. The molecule has 1 aromatic rings. The Morgan fingerprint density at radius 1 is 1.14 bits per heavy atom. The molecule has 1 saturated carbocycles. The summed E-state index contributed by atoms with van der Waals surface area (Å²) in [5, 5.41) is 0. The molecular weight excluding hydrogens is 272 g/mol. The Kier molecular flexibility index (Phi) is 3.57. The standard InChI is InChI=1S/C16H18O5/c1-19-13-3-2-12(14-15(13)21-9-8-20-14)16(10-17)6-4-11(18)5-7-16/h2-3,10H,4-9H2,1H3. The van der Waals surface area contributed by atoms with Gasteiger partial charge in [-0.05, 0) is 18.9 Å². The van der Waals surface area contributed by atoms with Gasteiger partial charge in [0.1, 0.15) is 25.3 Å². The summed E-state index contributed by atoms with van der Waals surface area (Å²) in [5.41, 5.74) is 0.144. The van der Waals surface area contributed by atoms with Crippen LogP contribution in [-0.2, 0) is 15.0 Å². The summed E-state index contributed by atoms with van der Waals surface area (Å²) in [6.45, 7) is 0.903. The van der Waals surface area contributed by atoms with E-state index in [2.05, 4.69) is 0 Å². The van der Waals surface area contributed by atoms with Crippen LogP contribution in [0.1, 0.15) is 31.2 Å². The summed E-state index contributed by atoms with van der Waals surface area (Å²) < 4.78 is 16.7. The van der Waals surface area contributed by atoms with Crippen LogP contribution in [0, 0.1) is 0 Å². The van der Waals surface area contributed by atoms with E-state index < -0.39 is 5.41 Å². The van der Waals surface area contributed by atoms with Gasteiger partial charge in [0.05, 0.1) is 12.5 Å². The van der Waals surface area contributed by atoms with Gasteiger partial charge in [-0.25, -0.2) is 0 Å². The Labute approximate surface area is 123 Å². The van der Waals surface area contributed by atoms with Gasteiger partial charge in [-0.2, -0.15) is 0 Å². The molecule has 5 nitrogen and oxygen atoms in total. The van der Waals surface area contributed by atoms with Crippen molar-refractivity contribution in [2.75, 3.05) is 20.3 Å². The third-order valence-electron chi connectivity index (χ3n) is 4.33. The monoisotopic (exact) mass is 290 g/mol. The minimum absolute atomic E-state index is 0.215. The lowest BCUT2D eigenvalue weighted by atomic mass is 9.69. The molecular formula is C16H18O5. The number of carbonyl (C=O) groups excluding carboxylic acids is 2. The van der Waals surface area contributed by atoms with Crippen molar-refractivity contribution >= 4 is 12.1 Å². The number of aldehydes is 1. The number of hydrogen-bond acceptors (Lipinski definition) is 5. The van der Waals surface area contributed by atoms with Crippen LogP contribution in [0.2, 0.25) is 0 Å². The number of Topliss-reactive ketones (excluding diaryl/α,β-unsaturated/α-hetero) is 1. The minimum atomic E-state index is -0.662. The lowest BCUT2D eigenvalue weighted by molar-refractivity contribution is -0.123. The highest BCUT2D eigenvalue weighted by Crippen LogP contribution is 2.49. The summed E-state index contributed by atoms with van der Waals surface area (Å²) >= 11 is 0. The smallest absolute Gasteiger partial charge is 0.204 e. The number of methoxy groups -OCH3 is 1. The van der Waals surface area contributed by atoms with Crippen molar-refractivity contribution < 1.29 is 23.8 Å². The van der Waals surface area contributed by atoms with Crippen molar-refractivity contribution in [2.24, 2.45) is 0 Å². The Balaban J connectivity index is 2.09. The second-order valence-electron chi connectivity index (χ2n) is 5.48. The lowest BCUT2D eigenvalue weighted by Crippen LogP contribution is -2.34.